The average molecular weight is 482 g/mol. The third-order valence-electron chi connectivity index (χ3n) is 7.69. The van der Waals surface area contributed by atoms with Gasteiger partial charge in [0, 0.05) is 41.1 Å². The van der Waals surface area contributed by atoms with Crippen molar-refractivity contribution < 1.29 is 9.84 Å². The molecule has 6 heteroatoms. The quantitative estimate of drug-likeness (QED) is 0.491. The highest BCUT2D eigenvalue weighted by Crippen LogP contribution is 2.33. The van der Waals surface area contributed by atoms with Gasteiger partial charge in [0.1, 0.15) is 12.4 Å². The van der Waals surface area contributed by atoms with E-state index in [1.165, 1.54) is 45.2 Å². The number of aliphatic hydroxyl groups is 1. The minimum absolute atomic E-state index is 0.399. The number of hydrogen-bond acceptors (Lipinski definition) is 4. The molecule has 1 aromatic heterocycles. The van der Waals surface area contributed by atoms with Crippen LogP contribution in [0.25, 0.3) is 10.9 Å². The molecular formula is C28H36ClN3O2. The predicted octanol–water partition coefficient (Wildman–Crippen LogP) is 5.39. The number of halogens is 1. The van der Waals surface area contributed by atoms with E-state index >= 15 is 0 Å². The van der Waals surface area contributed by atoms with Crippen molar-refractivity contribution in [1.29, 1.82) is 0 Å². The number of aryl methyl sites for hydroxylation is 1. The second-order valence-electron chi connectivity index (χ2n) is 9.82. The predicted molar refractivity (Wildman–Crippen MR) is 139 cm³/mol. The van der Waals surface area contributed by atoms with Gasteiger partial charge in [-0.3, -0.25) is 0 Å². The first kappa shape index (κ1) is 23.7. The zero-order valence-corrected chi connectivity index (χ0v) is 20.9. The zero-order chi connectivity index (χ0) is 23.5. The SMILES string of the molecule is Cn1c(COc2ccc(Cl)cc2)c(C(O)CN2CCC(N3CCCCC3)CC2)c2ccccc21. The molecule has 2 aliphatic heterocycles. The molecule has 0 radical (unpaired) electrons. The van der Waals surface area contributed by atoms with E-state index in [2.05, 4.69) is 33.5 Å². The van der Waals surface area contributed by atoms with Gasteiger partial charge in [-0.1, -0.05) is 36.2 Å². The van der Waals surface area contributed by atoms with E-state index in [0.29, 0.717) is 18.2 Å². The monoisotopic (exact) mass is 481 g/mol. The fourth-order valence-electron chi connectivity index (χ4n) is 5.79. The molecule has 3 aromatic rings. The first-order valence-electron chi connectivity index (χ1n) is 12.7. The molecule has 3 heterocycles. The van der Waals surface area contributed by atoms with Crippen molar-refractivity contribution in [3.8, 4) is 5.75 Å². The molecule has 1 N–H and O–H groups in total. The standard InChI is InChI=1S/C28H36ClN3O2/c1-30-25-8-4-3-7-24(25)28(26(30)20-34-23-11-9-21(29)10-12-23)27(33)19-31-17-13-22(14-18-31)32-15-5-2-6-16-32/h3-4,7-12,22,27,33H,2,5-6,13-20H2,1H3. The number of aromatic nitrogens is 1. The van der Waals surface area contributed by atoms with Crippen LogP contribution in [-0.4, -0.2) is 58.2 Å². The van der Waals surface area contributed by atoms with Crippen LogP contribution in [0.2, 0.25) is 5.02 Å². The molecule has 0 aliphatic carbocycles. The Labute approximate surface area is 207 Å². The molecule has 1 unspecified atom stereocenters. The van der Waals surface area contributed by atoms with E-state index in [4.69, 9.17) is 16.3 Å². The molecule has 182 valence electrons. The van der Waals surface area contributed by atoms with Crippen molar-refractivity contribution in [1.82, 2.24) is 14.4 Å². The van der Waals surface area contributed by atoms with Crippen LogP contribution >= 0.6 is 11.6 Å². The van der Waals surface area contributed by atoms with E-state index in [9.17, 15) is 5.11 Å². The van der Waals surface area contributed by atoms with Gasteiger partial charge < -0.3 is 24.2 Å². The van der Waals surface area contributed by atoms with Gasteiger partial charge in [-0.25, -0.2) is 0 Å². The summed E-state index contributed by atoms with van der Waals surface area (Å²) >= 11 is 6.02. The van der Waals surface area contributed by atoms with Crippen LogP contribution < -0.4 is 4.74 Å². The Balaban J connectivity index is 1.30. The van der Waals surface area contributed by atoms with Crippen LogP contribution in [-0.2, 0) is 13.7 Å². The minimum atomic E-state index is -0.554. The average Bonchev–Trinajstić information content (AvgIpc) is 3.16. The Morgan fingerprint density at radius 1 is 0.971 bits per heavy atom. The molecule has 1 atom stereocenters. The number of hydrogen-bond donors (Lipinski definition) is 1. The Morgan fingerprint density at radius 3 is 2.41 bits per heavy atom. The summed E-state index contributed by atoms with van der Waals surface area (Å²) < 4.78 is 8.27. The van der Waals surface area contributed by atoms with E-state index < -0.39 is 6.10 Å². The number of likely N-dealkylation sites (tertiary alicyclic amines) is 2. The van der Waals surface area contributed by atoms with Gasteiger partial charge in [0.2, 0.25) is 0 Å². The summed E-state index contributed by atoms with van der Waals surface area (Å²) in [6.45, 7) is 5.70. The number of fused-ring (bicyclic) bond motifs is 1. The lowest BCUT2D eigenvalue weighted by Gasteiger charge is -2.40. The van der Waals surface area contributed by atoms with Gasteiger partial charge >= 0.3 is 0 Å². The van der Waals surface area contributed by atoms with Crippen molar-refractivity contribution in [2.75, 3.05) is 32.7 Å². The number of rotatable bonds is 7. The van der Waals surface area contributed by atoms with Crippen LogP contribution in [0.5, 0.6) is 5.75 Å². The van der Waals surface area contributed by atoms with Crippen LogP contribution in [0.3, 0.4) is 0 Å². The number of para-hydroxylation sites is 1. The van der Waals surface area contributed by atoms with Crippen molar-refractivity contribution in [3.05, 3.63) is 64.8 Å². The van der Waals surface area contributed by atoms with Crippen LogP contribution in [0.1, 0.15) is 49.5 Å². The Hall–Kier alpha value is -2.05. The summed E-state index contributed by atoms with van der Waals surface area (Å²) in [7, 11) is 2.06. The molecule has 0 saturated carbocycles. The summed E-state index contributed by atoms with van der Waals surface area (Å²) in [6, 6.07) is 16.5. The van der Waals surface area contributed by atoms with Gasteiger partial charge in [0.05, 0.1) is 11.8 Å². The summed E-state index contributed by atoms with van der Waals surface area (Å²) in [4.78, 5) is 5.14. The maximum atomic E-state index is 11.5. The smallest absolute Gasteiger partial charge is 0.129 e. The number of β-amino-alcohol motifs (C(OH)–C–C–N with tert-alkyl or cyclic N) is 1. The van der Waals surface area contributed by atoms with Crippen LogP contribution in [0.4, 0.5) is 0 Å². The zero-order valence-electron chi connectivity index (χ0n) is 20.1. The van der Waals surface area contributed by atoms with Crippen molar-refractivity contribution in [2.45, 2.75) is 50.9 Å². The summed E-state index contributed by atoms with van der Waals surface area (Å²) in [5.41, 5.74) is 3.13. The topological polar surface area (TPSA) is 40.9 Å². The number of aliphatic hydroxyl groups excluding tert-OH is 1. The third kappa shape index (κ3) is 5.13. The van der Waals surface area contributed by atoms with E-state index in [1.54, 1.807) is 0 Å². The Bertz CT molecular complexity index is 1080. The van der Waals surface area contributed by atoms with E-state index in [-0.39, 0.29) is 0 Å². The van der Waals surface area contributed by atoms with E-state index in [0.717, 1.165) is 47.0 Å². The lowest BCUT2D eigenvalue weighted by molar-refractivity contribution is 0.0599. The van der Waals surface area contributed by atoms with Gasteiger partial charge in [0.25, 0.3) is 0 Å². The maximum Gasteiger partial charge on any atom is 0.129 e. The van der Waals surface area contributed by atoms with Gasteiger partial charge in [0.15, 0.2) is 0 Å². The van der Waals surface area contributed by atoms with Crippen molar-refractivity contribution >= 4 is 22.5 Å². The van der Waals surface area contributed by atoms with E-state index in [1.807, 2.05) is 36.4 Å². The van der Waals surface area contributed by atoms with Crippen molar-refractivity contribution in [2.24, 2.45) is 7.05 Å². The highest BCUT2D eigenvalue weighted by molar-refractivity contribution is 6.30. The molecule has 2 aromatic carbocycles. The second kappa shape index (κ2) is 10.7. The summed E-state index contributed by atoms with van der Waals surface area (Å²) in [5.74, 6) is 0.773. The van der Waals surface area contributed by atoms with Crippen LogP contribution in [0.15, 0.2) is 48.5 Å². The van der Waals surface area contributed by atoms with Gasteiger partial charge in [-0.15, -0.1) is 0 Å². The van der Waals surface area contributed by atoms with Crippen LogP contribution in [0, 0.1) is 0 Å². The lowest BCUT2D eigenvalue weighted by atomic mass is 9.98. The lowest BCUT2D eigenvalue weighted by Crippen LogP contribution is -2.47. The molecule has 5 nitrogen and oxygen atoms in total. The highest BCUT2D eigenvalue weighted by Gasteiger charge is 2.28. The molecule has 2 saturated heterocycles. The normalized spacial score (nSPS) is 19.5. The Morgan fingerprint density at radius 2 is 1.68 bits per heavy atom. The van der Waals surface area contributed by atoms with Crippen molar-refractivity contribution in [3.63, 3.8) is 0 Å². The molecule has 34 heavy (non-hydrogen) atoms. The largest absolute Gasteiger partial charge is 0.487 e. The molecule has 5 rings (SSSR count). The fraction of sp³-hybridized carbons (Fsp3) is 0.500. The molecule has 0 spiro atoms. The minimum Gasteiger partial charge on any atom is -0.487 e. The number of piperidine rings is 2. The molecule has 2 aliphatic rings. The molecular weight excluding hydrogens is 446 g/mol. The first-order chi connectivity index (χ1) is 16.6. The van der Waals surface area contributed by atoms with Gasteiger partial charge in [-0.05, 0) is 82.2 Å². The summed E-state index contributed by atoms with van der Waals surface area (Å²) in [6.07, 6.45) is 5.93. The first-order valence-corrected chi connectivity index (χ1v) is 13.1. The number of ether oxygens (including phenoxy) is 1. The fourth-order valence-corrected chi connectivity index (χ4v) is 5.92. The highest BCUT2D eigenvalue weighted by atomic mass is 35.5. The van der Waals surface area contributed by atoms with Gasteiger partial charge in [-0.2, -0.15) is 0 Å². The Kier molecular flexibility index (Phi) is 7.45. The second-order valence-corrected chi connectivity index (χ2v) is 10.3. The maximum absolute atomic E-state index is 11.5. The number of benzene rings is 2. The molecule has 0 bridgehead atoms. The molecule has 2 fully saturated rings. The third-order valence-corrected chi connectivity index (χ3v) is 7.94. The number of nitrogens with zero attached hydrogens (tertiary/aromatic N) is 3. The molecule has 0 amide bonds. The summed E-state index contributed by atoms with van der Waals surface area (Å²) in [5, 5.41) is 13.3.